The molecule has 1 N–H and O–H groups in total. The first kappa shape index (κ1) is 16.6. The van der Waals surface area contributed by atoms with Crippen molar-refractivity contribution in [1.82, 2.24) is 0 Å². The Morgan fingerprint density at radius 2 is 1.88 bits per heavy atom. The zero-order chi connectivity index (χ0) is 17.1. The lowest BCUT2D eigenvalue weighted by molar-refractivity contribution is -0.116. The van der Waals surface area contributed by atoms with Crippen molar-refractivity contribution in [1.29, 1.82) is 0 Å². The lowest BCUT2D eigenvalue weighted by Crippen LogP contribution is -2.12. The van der Waals surface area contributed by atoms with Gasteiger partial charge < -0.3 is 9.73 Å². The SMILES string of the molecule is O=C(CCc1ccc(Cl)cc1Cl)Nc1ccc2oc(=O)ccc2c1. The number of halogens is 2. The fraction of sp³-hybridized carbons (Fsp3) is 0.111. The van der Waals surface area contributed by atoms with Crippen LogP contribution in [0, 0.1) is 0 Å². The summed E-state index contributed by atoms with van der Waals surface area (Å²) in [6, 6.07) is 13.3. The molecule has 122 valence electrons. The first-order valence-electron chi connectivity index (χ1n) is 7.29. The number of anilines is 1. The Kier molecular flexibility index (Phi) is 4.88. The summed E-state index contributed by atoms with van der Waals surface area (Å²) >= 11 is 12.0. The van der Waals surface area contributed by atoms with Crippen molar-refractivity contribution in [2.45, 2.75) is 12.8 Å². The van der Waals surface area contributed by atoms with Gasteiger partial charge in [-0.1, -0.05) is 29.3 Å². The van der Waals surface area contributed by atoms with Crippen molar-refractivity contribution < 1.29 is 9.21 Å². The summed E-state index contributed by atoms with van der Waals surface area (Å²) in [5, 5.41) is 4.68. The van der Waals surface area contributed by atoms with Crippen LogP contribution in [0.4, 0.5) is 5.69 Å². The van der Waals surface area contributed by atoms with E-state index in [9.17, 15) is 9.59 Å². The molecular formula is C18H13Cl2NO3. The number of fused-ring (bicyclic) bond motifs is 1. The van der Waals surface area contributed by atoms with Gasteiger partial charge in [0.1, 0.15) is 5.58 Å². The van der Waals surface area contributed by atoms with Gasteiger partial charge in [-0.3, -0.25) is 4.79 Å². The summed E-state index contributed by atoms with van der Waals surface area (Å²) in [6.45, 7) is 0. The fourth-order valence-corrected chi connectivity index (χ4v) is 2.85. The van der Waals surface area contributed by atoms with Gasteiger partial charge in [-0.25, -0.2) is 4.79 Å². The second-order valence-corrected chi connectivity index (χ2v) is 6.13. The Hall–Kier alpha value is -2.30. The first-order valence-corrected chi connectivity index (χ1v) is 8.04. The third kappa shape index (κ3) is 3.96. The standard InChI is InChI=1S/C18H13Cl2NO3/c19-13-4-1-11(15(20)10-13)2-7-17(22)21-14-5-6-16-12(9-14)3-8-18(23)24-16/h1,3-6,8-10H,2,7H2,(H,21,22). The van der Waals surface area contributed by atoms with Crippen LogP contribution in [0.1, 0.15) is 12.0 Å². The van der Waals surface area contributed by atoms with Crippen LogP contribution in [0.15, 0.2) is 57.7 Å². The van der Waals surface area contributed by atoms with Gasteiger partial charge in [0.25, 0.3) is 0 Å². The fourth-order valence-electron chi connectivity index (χ4n) is 2.35. The van der Waals surface area contributed by atoms with Gasteiger partial charge in [0.05, 0.1) is 0 Å². The van der Waals surface area contributed by atoms with E-state index in [1.54, 1.807) is 36.4 Å². The maximum absolute atomic E-state index is 12.1. The minimum Gasteiger partial charge on any atom is -0.423 e. The van der Waals surface area contributed by atoms with E-state index in [-0.39, 0.29) is 5.91 Å². The zero-order valence-electron chi connectivity index (χ0n) is 12.5. The van der Waals surface area contributed by atoms with Gasteiger partial charge in [-0.15, -0.1) is 0 Å². The topological polar surface area (TPSA) is 59.3 Å². The molecule has 3 rings (SSSR count). The predicted molar refractivity (Wildman–Crippen MR) is 95.9 cm³/mol. The van der Waals surface area contributed by atoms with Gasteiger partial charge in [-0.2, -0.15) is 0 Å². The Morgan fingerprint density at radius 3 is 2.67 bits per heavy atom. The third-order valence-corrected chi connectivity index (χ3v) is 4.13. The van der Waals surface area contributed by atoms with E-state index in [1.165, 1.54) is 6.07 Å². The Balaban J connectivity index is 1.66. The molecule has 1 amide bonds. The van der Waals surface area contributed by atoms with E-state index < -0.39 is 5.63 Å². The van der Waals surface area contributed by atoms with E-state index in [0.717, 1.165) is 10.9 Å². The van der Waals surface area contributed by atoms with Crippen molar-refractivity contribution in [3.63, 3.8) is 0 Å². The van der Waals surface area contributed by atoms with Crippen LogP contribution >= 0.6 is 23.2 Å². The lowest BCUT2D eigenvalue weighted by Gasteiger charge is -2.07. The molecule has 0 aliphatic carbocycles. The van der Waals surface area contributed by atoms with Crippen molar-refractivity contribution >= 4 is 45.8 Å². The maximum Gasteiger partial charge on any atom is 0.336 e. The monoisotopic (exact) mass is 361 g/mol. The van der Waals surface area contributed by atoms with E-state index in [1.807, 2.05) is 6.07 Å². The Morgan fingerprint density at radius 1 is 1.04 bits per heavy atom. The van der Waals surface area contributed by atoms with Crippen LogP contribution in [0.5, 0.6) is 0 Å². The number of aryl methyl sites for hydroxylation is 1. The third-order valence-electron chi connectivity index (χ3n) is 3.54. The number of hydrogen-bond acceptors (Lipinski definition) is 3. The molecule has 1 heterocycles. The molecule has 0 atom stereocenters. The summed E-state index contributed by atoms with van der Waals surface area (Å²) in [6.07, 6.45) is 0.813. The first-order chi connectivity index (χ1) is 11.5. The molecule has 4 nitrogen and oxygen atoms in total. The van der Waals surface area contributed by atoms with E-state index in [0.29, 0.717) is 34.2 Å². The van der Waals surface area contributed by atoms with Crippen LogP contribution in [0.2, 0.25) is 10.0 Å². The maximum atomic E-state index is 12.1. The zero-order valence-corrected chi connectivity index (χ0v) is 14.0. The van der Waals surface area contributed by atoms with Gasteiger partial charge in [-0.05, 0) is 48.4 Å². The number of hydrogen-bond donors (Lipinski definition) is 1. The van der Waals surface area contributed by atoms with Gasteiger partial charge in [0.15, 0.2) is 0 Å². The van der Waals surface area contributed by atoms with E-state index >= 15 is 0 Å². The molecule has 1 aromatic heterocycles. The molecule has 3 aromatic rings. The van der Waals surface area contributed by atoms with Crippen molar-refractivity contribution in [2.24, 2.45) is 0 Å². The summed E-state index contributed by atoms with van der Waals surface area (Å²) in [5.41, 5.74) is 1.59. The molecule has 0 spiro atoms. The molecule has 0 aliphatic rings. The van der Waals surface area contributed by atoms with Crippen LogP contribution in [0.3, 0.4) is 0 Å². The quantitative estimate of drug-likeness (QED) is 0.686. The highest BCUT2D eigenvalue weighted by Crippen LogP contribution is 2.22. The molecular weight excluding hydrogens is 349 g/mol. The molecule has 0 aliphatic heterocycles. The predicted octanol–water partition coefficient (Wildman–Crippen LogP) is 4.67. The highest BCUT2D eigenvalue weighted by Gasteiger charge is 2.07. The number of amides is 1. The molecule has 6 heteroatoms. The Bertz CT molecular complexity index is 966. The average molecular weight is 362 g/mol. The van der Waals surface area contributed by atoms with Crippen molar-refractivity contribution in [3.05, 3.63) is 74.6 Å². The molecule has 2 aromatic carbocycles. The number of carbonyl (C=O) groups excluding carboxylic acids is 1. The molecule has 0 saturated heterocycles. The Labute approximate surface area is 148 Å². The van der Waals surface area contributed by atoms with Crippen LogP contribution in [-0.4, -0.2) is 5.91 Å². The largest absolute Gasteiger partial charge is 0.423 e. The molecule has 0 fully saturated rings. The highest BCUT2D eigenvalue weighted by atomic mass is 35.5. The van der Waals surface area contributed by atoms with Crippen LogP contribution in [0.25, 0.3) is 11.0 Å². The van der Waals surface area contributed by atoms with Gasteiger partial charge >= 0.3 is 5.63 Å². The van der Waals surface area contributed by atoms with Crippen LogP contribution < -0.4 is 10.9 Å². The van der Waals surface area contributed by atoms with Gasteiger partial charge in [0.2, 0.25) is 5.91 Å². The molecule has 0 radical (unpaired) electrons. The minimum atomic E-state index is -0.404. The molecule has 24 heavy (non-hydrogen) atoms. The van der Waals surface area contributed by atoms with E-state index in [4.69, 9.17) is 27.6 Å². The highest BCUT2D eigenvalue weighted by molar-refractivity contribution is 6.35. The van der Waals surface area contributed by atoms with Crippen molar-refractivity contribution in [2.75, 3.05) is 5.32 Å². The van der Waals surface area contributed by atoms with Crippen LogP contribution in [-0.2, 0) is 11.2 Å². The number of benzene rings is 2. The smallest absolute Gasteiger partial charge is 0.336 e. The number of carbonyl (C=O) groups is 1. The second-order valence-electron chi connectivity index (χ2n) is 5.29. The van der Waals surface area contributed by atoms with Crippen molar-refractivity contribution in [3.8, 4) is 0 Å². The lowest BCUT2D eigenvalue weighted by atomic mass is 10.1. The number of rotatable bonds is 4. The minimum absolute atomic E-state index is 0.127. The summed E-state index contributed by atoms with van der Waals surface area (Å²) in [5.74, 6) is -0.127. The average Bonchev–Trinajstić information content (AvgIpc) is 2.54. The van der Waals surface area contributed by atoms with Gasteiger partial charge in [0, 0.05) is 33.6 Å². The summed E-state index contributed by atoms with van der Waals surface area (Å²) in [4.78, 5) is 23.3. The number of nitrogens with one attached hydrogen (secondary N) is 1. The summed E-state index contributed by atoms with van der Waals surface area (Å²) in [7, 11) is 0. The normalized spacial score (nSPS) is 10.8. The molecule has 0 saturated carbocycles. The summed E-state index contributed by atoms with van der Waals surface area (Å²) < 4.78 is 5.06. The van der Waals surface area contributed by atoms with E-state index in [2.05, 4.69) is 5.32 Å². The molecule has 0 bridgehead atoms. The molecule has 0 unspecified atom stereocenters. The second kappa shape index (κ2) is 7.07.